The zero-order chi connectivity index (χ0) is 14.4. The predicted molar refractivity (Wildman–Crippen MR) is 87.9 cm³/mol. The van der Waals surface area contributed by atoms with Crippen molar-refractivity contribution < 1.29 is 9.53 Å². The van der Waals surface area contributed by atoms with Gasteiger partial charge in [-0.25, -0.2) is 0 Å². The Bertz CT molecular complexity index is 479. The molecule has 2 rings (SSSR count). The van der Waals surface area contributed by atoms with E-state index < -0.39 is 0 Å². The molecule has 1 amide bonds. The average molecular weight is 311 g/mol. The molecule has 0 bridgehead atoms. The number of rotatable bonds is 5. The summed E-state index contributed by atoms with van der Waals surface area (Å²) in [6.07, 6.45) is 5.44. The first-order valence-corrected chi connectivity index (χ1v) is 7.09. The van der Waals surface area contributed by atoms with Crippen molar-refractivity contribution in [3.63, 3.8) is 0 Å². The summed E-state index contributed by atoms with van der Waals surface area (Å²) in [4.78, 5) is 12.2. The molecule has 2 atom stereocenters. The van der Waals surface area contributed by atoms with E-state index in [4.69, 9.17) is 10.5 Å². The number of anilines is 1. The Hall–Kier alpha value is -1.52. The number of halogens is 1. The molecule has 1 aromatic rings. The van der Waals surface area contributed by atoms with Crippen molar-refractivity contribution in [2.24, 2.45) is 11.7 Å². The van der Waals surface area contributed by atoms with E-state index in [1.54, 1.807) is 6.08 Å². The quantitative estimate of drug-likeness (QED) is 0.821. The maximum absolute atomic E-state index is 12.2. The minimum atomic E-state index is 0. The van der Waals surface area contributed by atoms with Gasteiger partial charge in [-0.3, -0.25) is 4.79 Å². The number of hydrogen-bond donors (Lipinski definition) is 2. The van der Waals surface area contributed by atoms with Crippen LogP contribution in [0, 0.1) is 5.92 Å². The lowest BCUT2D eigenvalue weighted by Crippen LogP contribution is -2.34. The third-order valence-corrected chi connectivity index (χ3v) is 3.55. The third-order valence-electron chi connectivity index (χ3n) is 3.55. The van der Waals surface area contributed by atoms with Crippen LogP contribution in [0.2, 0.25) is 0 Å². The van der Waals surface area contributed by atoms with E-state index >= 15 is 0 Å². The van der Waals surface area contributed by atoms with Crippen LogP contribution >= 0.6 is 12.4 Å². The van der Waals surface area contributed by atoms with Gasteiger partial charge in [0.2, 0.25) is 5.91 Å². The molecule has 2 unspecified atom stereocenters. The maximum atomic E-state index is 12.2. The smallest absolute Gasteiger partial charge is 0.227 e. The Balaban J connectivity index is 0.00000220. The molecule has 0 heterocycles. The van der Waals surface area contributed by atoms with Gasteiger partial charge in [0.1, 0.15) is 12.4 Å². The van der Waals surface area contributed by atoms with Gasteiger partial charge in [0.05, 0.1) is 0 Å². The standard InChI is InChI=1S/C16H22N2O2.ClH/c1-2-9-20-15-8-4-7-14(11-15)18-16(19)12-5-3-6-13(17)10-12;/h2,4,7-8,11-13H,1,3,5-6,9-10,17H2,(H,18,19);1H. The van der Waals surface area contributed by atoms with Gasteiger partial charge >= 0.3 is 0 Å². The van der Waals surface area contributed by atoms with Gasteiger partial charge in [-0.2, -0.15) is 0 Å². The highest BCUT2D eigenvalue weighted by atomic mass is 35.5. The van der Waals surface area contributed by atoms with Crippen molar-refractivity contribution in [3.05, 3.63) is 36.9 Å². The molecule has 1 aromatic carbocycles. The first-order chi connectivity index (χ1) is 9.69. The SMILES string of the molecule is C=CCOc1cccc(NC(=O)C2CCCC(N)C2)c1.Cl. The highest BCUT2D eigenvalue weighted by molar-refractivity contribution is 5.92. The van der Waals surface area contributed by atoms with E-state index in [0.717, 1.165) is 37.1 Å². The van der Waals surface area contributed by atoms with Crippen molar-refractivity contribution >= 4 is 24.0 Å². The molecular formula is C16H23ClN2O2. The Morgan fingerprint density at radius 1 is 1.48 bits per heavy atom. The van der Waals surface area contributed by atoms with Gasteiger partial charge < -0.3 is 15.8 Å². The number of nitrogens with two attached hydrogens (primary N) is 1. The molecule has 21 heavy (non-hydrogen) atoms. The molecule has 5 heteroatoms. The fourth-order valence-corrected chi connectivity index (χ4v) is 2.53. The second kappa shape index (κ2) is 8.70. The fraction of sp³-hybridized carbons (Fsp3) is 0.438. The minimum Gasteiger partial charge on any atom is -0.489 e. The lowest BCUT2D eigenvalue weighted by molar-refractivity contribution is -0.120. The van der Waals surface area contributed by atoms with E-state index in [2.05, 4.69) is 11.9 Å². The van der Waals surface area contributed by atoms with Crippen LogP contribution in [0.25, 0.3) is 0 Å². The highest BCUT2D eigenvalue weighted by Gasteiger charge is 2.25. The molecule has 1 aliphatic carbocycles. The summed E-state index contributed by atoms with van der Waals surface area (Å²) in [6, 6.07) is 7.56. The van der Waals surface area contributed by atoms with Crippen LogP contribution in [-0.2, 0) is 4.79 Å². The van der Waals surface area contributed by atoms with Crippen molar-refractivity contribution in [1.29, 1.82) is 0 Å². The van der Waals surface area contributed by atoms with Gasteiger partial charge in [-0.1, -0.05) is 25.1 Å². The second-order valence-corrected chi connectivity index (χ2v) is 5.24. The fourth-order valence-electron chi connectivity index (χ4n) is 2.53. The van der Waals surface area contributed by atoms with Gasteiger partial charge in [0.15, 0.2) is 0 Å². The molecule has 1 fully saturated rings. The van der Waals surface area contributed by atoms with Gasteiger partial charge in [0, 0.05) is 23.7 Å². The second-order valence-electron chi connectivity index (χ2n) is 5.24. The number of benzene rings is 1. The lowest BCUT2D eigenvalue weighted by Gasteiger charge is -2.25. The van der Waals surface area contributed by atoms with Crippen LogP contribution in [0.15, 0.2) is 36.9 Å². The summed E-state index contributed by atoms with van der Waals surface area (Å²) >= 11 is 0. The summed E-state index contributed by atoms with van der Waals surface area (Å²) in [7, 11) is 0. The Morgan fingerprint density at radius 2 is 2.29 bits per heavy atom. The van der Waals surface area contributed by atoms with Crippen molar-refractivity contribution in [2.75, 3.05) is 11.9 Å². The highest BCUT2D eigenvalue weighted by Crippen LogP contribution is 2.25. The van der Waals surface area contributed by atoms with Crippen LogP contribution in [-0.4, -0.2) is 18.6 Å². The number of ether oxygens (including phenoxy) is 1. The lowest BCUT2D eigenvalue weighted by atomic mass is 9.85. The van der Waals surface area contributed by atoms with Crippen LogP contribution in [0.3, 0.4) is 0 Å². The molecule has 0 aliphatic heterocycles. The molecule has 1 saturated carbocycles. The van der Waals surface area contributed by atoms with Crippen LogP contribution < -0.4 is 15.8 Å². The van der Waals surface area contributed by atoms with E-state index in [1.807, 2.05) is 24.3 Å². The number of hydrogen-bond acceptors (Lipinski definition) is 3. The van der Waals surface area contributed by atoms with Gasteiger partial charge in [-0.15, -0.1) is 12.4 Å². The van der Waals surface area contributed by atoms with Gasteiger partial charge in [0.25, 0.3) is 0 Å². The first-order valence-electron chi connectivity index (χ1n) is 7.09. The van der Waals surface area contributed by atoms with Gasteiger partial charge in [-0.05, 0) is 31.4 Å². The predicted octanol–water partition coefficient (Wildman–Crippen LogP) is 3.13. The molecule has 3 N–H and O–H groups in total. The third kappa shape index (κ3) is 5.40. The average Bonchev–Trinajstić information content (AvgIpc) is 2.45. The van der Waals surface area contributed by atoms with E-state index in [-0.39, 0.29) is 30.3 Å². The molecular weight excluding hydrogens is 288 g/mol. The molecule has 0 aromatic heterocycles. The zero-order valence-corrected chi connectivity index (χ0v) is 12.9. The minimum absolute atomic E-state index is 0. The molecule has 0 saturated heterocycles. The van der Waals surface area contributed by atoms with E-state index in [0.29, 0.717) is 6.61 Å². The topological polar surface area (TPSA) is 64.3 Å². The number of carbonyl (C=O) groups excluding carboxylic acids is 1. The summed E-state index contributed by atoms with van der Waals surface area (Å²) in [5.74, 6) is 0.806. The summed E-state index contributed by atoms with van der Waals surface area (Å²) < 4.78 is 5.45. The Labute approximate surface area is 132 Å². The zero-order valence-electron chi connectivity index (χ0n) is 12.1. The van der Waals surface area contributed by atoms with Crippen LogP contribution in [0.1, 0.15) is 25.7 Å². The van der Waals surface area contributed by atoms with Crippen LogP contribution in [0.4, 0.5) is 5.69 Å². The number of carbonyl (C=O) groups is 1. The van der Waals surface area contributed by atoms with Crippen molar-refractivity contribution in [1.82, 2.24) is 0 Å². The molecule has 0 radical (unpaired) electrons. The largest absolute Gasteiger partial charge is 0.489 e. The first kappa shape index (κ1) is 17.5. The number of amides is 1. The molecule has 0 spiro atoms. The maximum Gasteiger partial charge on any atom is 0.227 e. The summed E-state index contributed by atoms with van der Waals surface area (Å²) in [6.45, 7) is 4.06. The number of nitrogens with one attached hydrogen (secondary N) is 1. The Morgan fingerprint density at radius 3 is 3.00 bits per heavy atom. The summed E-state index contributed by atoms with van der Waals surface area (Å²) in [5, 5.41) is 2.95. The Kier molecular flexibility index (Phi) is 7.26. The monoisotopic (exact) mass is 310 g/mol. The summed E-state index contributed by atoms with van der Waals surface area (Å²) in [5.41, 5.74) is 6.69. The molecule has 116 valence electrons. The van der Waals surface area contributed by atoms with Crippen molar-refractivity contribution in [3.8, 4) is 5.75 Å². The molecule has 4 nitrogen and oxygen atoms in total. The van der Waals surface area contributed by atoms with Crippen LogP contribution in [0.5, 0.6) is 5.75 Å². The van der Waals surface area contributed by atoms with E-state index in [9.17, 15) is 4.79 Å². The normalized spacial score (nSPS) is 21.0. The van der Waals surface area contributed by atoms with Crippen molar-refractivity contribution in [2.45, 2.75) is 31.7 Å². The molecule has 1 aliphatic rings. The van der Waals surface area contributed by atoms with E-state index in [1.165, 1.54) is 0 Å².